The predicted molar refractivity (Wildman–Crippen MR) is 103 cm³/mol. The average molecular weight is 404 g/mol. The molecule has 1 heterocycles. The van der Waals surface area contributed by atoms with Crippen LogP contribution in [0.25, 0.3) is 11.4 Å². The lowest BCUT2D eigenvalue weighted by molar-refractivity contribution is 0.0694. The van der Waals surface area contributed by atoms with Crippen molar-refractivity contribution in [2.24, 2.45) is 0 Å². The number of nitrogens with zero attached hydrogens (tertiary/aromatic N) is 3. The second-order valence-electron chi connectivity index (χ2n) is 6.03. The molecular formula is C20H19ClFN3O3. The molecule has 146 valence electrons. The molecule has 3 rings (SSSR count). The van der Waals surface area contributed by atoms with Gasteiger partial charge in [0.25, 0.3) is 5.91 Å². The highest BCUT2D eigenvalue weighted by Crippen LogP contribution is 2.19. The zero-order chi connectivity index (χ0) is 19.9. The first-order chi connectivity index (χ1) is 13.6. The fourth-order valence-corrected chi connectivity index (χ4v) is 2.84. The van der Waals surface area contributed by atoms with Crippen LogP contribution in [0.2, 0.25) is 5.02 Å². The van der Waals surface area contributed by atoms with Crippen molar-refractivity contribution >= 4 is 17.5 Å². The van der Waals surface area contributed by atoms with Gasteiger partial charge in [0, 0.05) is 32.2 Å². The zero-order valence-electron chi connectivity index (χ0n) is 15.3. The Hall–Kier alpha value is -2.77. The molecule has 0 radical (unpaired) electrons. The van der Waals surface area contributed by atoms with Crippen LogP contribution in [0.3, 0.4) is 0 Å². The highest BCUT2D eigenvalue weighted by atomic mass is 35.5. The standard InChI is InChI=1S/C20H19ClFN3O3/c1-27-13-12-25(20(26)16-4-2-3-5-17(16)21)11-10-18-23-19(24-28-18)14-6-8-15(22)9-7-14/h2-9H,10-13H2,1H3. The maximum atomic E-state index is 13.0. The summed E-state index contributed by atoms with van der Waals surface area (Å²) in [6, 6.07) is 12.7. The maximum absolute atomic E-state index is 13.0. The summed E-state index contributed by atoms with van der Waals surface area (Å²) in [6.07, 6.45) is 0.369. The highest BCUT2D eigenvalue weighted by Gasteiger charge is 2.19. The molecule has 1 aromatic heterocycles. The van der Waals surface area contributed by atoms with Crippen LogP contribution in [0.5, 0.6) is 0 Å². The quantitative estimate of drug-likeness (QED) is 0.571. The van der Waals surface area contributed by atoms with Crippen LogP contribution in [0, 0.1) is 5.82 Å². The summed E-state index contributed by atoms with van der Waals surface area (Å²) in [7, 11) is 1.57. The first kappa shape index (κ1) is 20.0. The second kappa shape index (κ2) is 9.43. The number of halogens is 2. The van der Waals surface area contributed by atoms with Crippen LogP contribution < -0.4 is 0 Å². The van der Waals surface area contributed by atoms with E-state index in [9.17, 15) is 9.18 Å². The Balaban J connectivity index is 1.69. The van der Waals surface area contributed by atoms with Gasteiger partial charge in [-0.2, -0.15) is 4.98 Å². The number of aromatic nitrogens is 2. The molecule has 0 unspecified atom stereocenters. The minimum absolute atomic E-state index is 0.194. The molecule has 0 fully saturated rings. The molecule has 0 atom stereocenters. The number of rotatable bonds is 8. The summed E-state index contributed by atoms with van der Waals surface area (Å²) in [4.78, 5) is 18.8. The monoisotopic (exact) mass is 403 g/mol. The van der Waals surface area contributed by atoms with E-state index in [-0.39, 0.29) is 11.7 Å². The number of amides is 1. The van der Waals surface area contributed by atoms with Crippen molar-refractivity contribution in [1.82, 2.24) is 15.0 Å². The smallest absolute Gasteiger partial charge is 0.255 e. The average Bonchev–Trinajstić information content (AvgIpc) is 3.17. The van der Waals surface area contributed by atoms with Gasteiger partial charge in [0.2, 0.25) is 11.7 Å². The van der Waals surface area contributed by atoms with E-state index in [1.165, 1.54) is 12.1 Å². The minimum atomic E-state index is -0.334. The van der Waals surface area contributed by atoms with Crippen LogP contribution in [-0.2, 0) is 11.2 Å². The largest absolute Gasteiger partial charge is 0.383 e. The molecule has 0 aliphatic carbocycles. The molecule has 0 saturated carbocycles. The van der Waals surface area contributed by atoms with Gasteiger partial charge in [-0.25, -0.2) is 4.39 Å². The van der Waals surface area contributed by atoms with Crippen LogP contribution >= 0.6 is 11.6 Å². The van der Waals surface area contributed by atoms with Crippen molar-refractivity contribution < 1.29 is 18.4 Å². The third kappa shape index (κ3) is 4.94. The molecule has 6 nitrogen and oxygen atoms in total. The van der Waals surface area contributed by atoms with Crippen LogP contribution in [0.1, 0.15) is 16.2 Å². The number of ether oxygens (including phenoxy) is 1. The molecule has 0 spiro atoms. The van der Waals surface area contributed by atoms with Gasteiger partial charge in [-0.3, -0.25) is 4.79 Å². The summed E-state index contributed by atoms with van der Waals surface area (Å²) in [6.45, 7) is 1.15. The molecule has 0 saturated heterocycles. The van der Waals surface area contributed by atoms with Gasteiger partial charge in [0.05, 0.1) is 17.2 Å². The SMILES string of the molecule is COCCN(CCc1nc(-c2ccc(F)cc2)no1)C(=O)c1ccccc1Cl. The van der Waals surface area contributed by atoms with Crippen molar-refractivity contribution in [3.05, 3.63) is 70.8 Å². The summed E-state index contributed by atoms with van der Waals surface area (Å²) < 4.78 is 23.4. The zero-order valence-corrected chi connectivity index (χ0v) is 16.0. The topological polar surface area (TPSA) is 68.5 Å². The molecule has 28 heavy (non-hydrogen) atoms. The van der Waals surface area contributed by atoms with E-state index in [1.54, 1.807) is 48.4 Å². The molecule has 3 aromatic rings. The van der Waals surface area contributed by atoms with Crippen LogP contribution in [0.15, 0.2) is 53.1 Å². The summed E-state index contributed by atoms with van der Waals surface area (Å²) in [5.74, 6) is 0.227. The molecule has 0 aliphatic heterocycles. The van der Waals surface area contributed by atoms with Gasteiger partial charge in [-0.1, -0.05) is 28.9 Å². The Morgan fingerprint density at radius 2 is 1.93 bits per heavy atom. The van der Waals surface area contributed by atoms with Gasteiger partial charge < -0.3 is 14.2 Å². The van der Waals surface area contributed by atoms with Crippen LogP contribution in [0.4, 0.5) is 4.39 Å². The first-order valence-corrected chi connectivity index (χ1v) is 9.07. The highest BCUT2D eigenvalue weighted by molar-refractivity contribution is 6.33. The second-order valence-corrected chi connectivity index (χ2v) is 6.44. The van der Waals surface area contributed by atoms with Crippen LogP contribution in [-0.4, -0.2) is 47.8 Å². The predicted octanol–water partition coefficient (Wildman–Crippen LogP) is 3.86. The van der Waals surface area contributed by atoms with Gasteiger partial charge in [0.15, 0.2) is 0 Å². The Kier molecular flexibility index (Phi) is 6.73. The van der Waals surface area contributed by atoms with Gasteiger partial charge in [0.1, 0.15) is 5.82 Å². The Morgan fingerprint density at radius 3 is 2.64 bits per heavy atom. The van der Waals surface area contributed by atoms with E-state index in [4.69, 9.17) is 20.9 Å². The van der Waals surface area contributed by atoms with E-state index in [0.29, 0.717) is 54.0 Å². The van der Waals surface area contributed by atoms with Crippen molar-refractivity contribution in [3.63, 3.8) is 0 Å². The van der Waals surface area contributed by atoms with Crippen molar-refractivity contribution in [3.8, 4) is 11.4 Å². The molecule has 0 bridgehead atoms. The van der Waals surface area contributed by atoms with E-state index < -0.39 is 0 Å². The van der Waals surface area contributed by atoms with Crippen molar-refractivity contribution in [1.29, 1.82) is 0 Å². The maximum Gasteiger partial charge on any atom is 0.255 e. The number of methoxy groups -OCH3 is 1. The Morgan fingerprint density at radius 1 is 1.18 bits per heavy atom. The van der Waals surface area contributed by atoms with Gasteiger partial charge in [-0.15, -0.1) is 0 Å². The lowest BCUT2D eigenvalue weighted by Crippen LogP contribution is -2.35. The Labute approximate surface area is 166 Å². The fraction of sp³-hybridized carbons (Fsp3) is 0.250. The van der Waals surface area contributed by atoms with Gasteiger partial charge in [-0.05, 0) is 36.4 Å². The number of hydrogen-bond acceptors (Lipinski definition) is 5. The van der Waals surface area contributed by atoms with E-state index >= 15 is 0 Å². The fourth-order valence-electron chi connectivity index (χ4n) is 2.62. The minimum Gasteiger partial charge on any atom is -0.383 e. The number of benzene rings is 2. The number of carbonyl (C=O) groups is 1. The first-order valence-electron chi connectivity index (χ1n) is 8.69. The van der Waals surface area contributed by atoms with E-state index in [0.717, 1.165) is 0 Å². The molecule has 0 aliphatic rings. The Bertz CT molecular complexity index is 930. The van der Waals surface area contributed by atoms with Gasteiger partial charge >= 0.3 is 0 Å². The van der Waals surface area contributed by atoms with Crippen molar-refractivity contribution in [2.75, 3.05) is 26.8 Å². The third-order valence-electron chi connectivity index (χ3n) is 4.12. The molecular weight excluding hydrogens is 385 g/mol. The summed E-state index contributed by atoms with van der Waals surface area (Å²) >= 11 is 6.15. The van der Waals surface area contributed by atoms with E-state index in [2.05, 4.69) is 10.1 Å². The normalized spacial score (nSPS) is 10.8. The molecule has 0 N–H and O–H groups in total. The summed E-state index contributed by atoms with van der Waals surface area (Å²) in [5.41, 5.74) is 1.08. The molecule has 2 aromatic carbocycles. The summed E-state index contributed by atoms with van der Waals surface area (Å²) in [5, 5.41) is 4.31. The lowest BCUT2D eigenvalue weighted by Gasteiger charge is -2.22. The number of carbonyl (C=O) groups excluding carboxylic acids is 1. The number of hydrogen-bond donors (Lipinski definition) is 0. The van der Waals surface area contributed by atoms with E-state index in [1.807, 2.05) is 0 Å². The third-order valence-corrected chi connectivity index (χ3v) is 4.45. The molecule has 8 heteroatoms. The van der Waals surface area contributed by atoms with Crippen molar-refractivity contribution in [2.45, 2.75) is 6.42 Å². The lowest BCUT2D eigenvalue weighted by atomic mass is 10.2. The molecule has 1 amide bonds.